The summed E-state index contributed by atoms with van der Waals surface area (Å²) >= 11 is 0. The quantitative estimate of drug-likeness (QED) is 0.816. The molecule has 0 saturated heterocycles. The van der Waals surface area contributed by atoms with Gasteiger partial charge in [-0.15, -0.1) is 0 Å². The molecule has 1 aromatic carbocycles. The summed E-state index contributed by atoms with van der Waals surface area (Å²) in [7, 11) is 0. The van der Waals surface area contributed by atoms with Crippen LogP contribution in [0.15, 0.2) is 36.5 Å². The Morgan fingerprint density at radius 3 is 2.80 bits per heavy atom. The van der Waals surface area contributed by atoms with Gasteiger partial charge < -0.3 is 10.1 Å². The summed E-state index contributed by atoms with van der Waals surface area (Å²) in [5.41, 5.74) is 2.08. The standard InChI is InChI=1S/C15H19N3O2/c1-3-20-15(19)11-16-9-14-10-17-12(2)18(14)13-7-5-4-6-8-13/h4-8,10,16H,3,9,11H2,1-2H3. The molecule has 0 radical (unpaired) electrons. The maximum atomic E-state index is 11.3. The Kier molecular flexibility index (Phi) is 4.90. The zero-order chi connectivity index (χ0) is 14.4. The maximum Gasteiger partial charge on any atom is 0.319 e. The number of carbonyl (C=O) groups excluding carboxylic acids is 1. The number of aryl methyl sites for hydroxylation is 1. The second-order valence-electron chi connectivity index (χ2n) is 4.38. The van der Waals surface area contributed by atoms with E-state index in [0.29, 0.717) is 13.2 Å². The number of nitrogens with zero attached hydrogens (tertiary/aromatic N) is 2. The van der Waals surface area contributed by atoms with Crippen LogP contribution in [0, 0.1) is 6.92 Å². The van der Waals surface area contributed by atoms with Gasteiger partial charge in [0.2, 0.25) is 0 Å². The van der Waals surface area contributed by atoms with Crippen molar-refractivity contribution < 1.29 is 9.53 Å². The first-order valence-corrected chi connectivity index (χ1v) is 6.67. The van der Waals surface area contributed by atoms with Crippen molar-refractivity contribution >= 4 is 5.97 Å². The Morgan fingerprint density at radius 1 is 1.35 bits per heavy atom. The van der Waals surface area contributed by atoms with Crippen LogP contribution in [-0.2, 0) is 16.1 Å². The van der Waals surface area contributed by atoms with E-state index in [1.54, 1.807) is 6.92 Å². The second kappa shape index (κ2) is 6.86. The number of nitrogens with one attached hydrogen (secondary N) is 1. The number of hydrogen-bond acceptors (Lipinski definition) is 4. The number of imidazole rings is 1. The van der Waals surface area contributed by atoms with Crippen molar-refractivity contribution in [3.05, 3.63) is 48.0 Å². The predicted molar refractivity (Wildman–Crippen MR) is 76.6 cm³/mol. The fourth-order valence-corrected chi connectivity index (χ4v) is 2.05. The molecular formula is C15H19N3O2. The average Bonchev–Trinajstić information content (AvgIpc) is 2.81. The van der Waals surface area contributed by atoms with E-state index in [9.17, 15) is 4.79 Å². The largest absolute Gasteiger partial charge is 0.465 e. The minimum Gasteiger partial charge on any atom is -0.465 e. The molecule has 5 nitrogen and oxygen atoms in total. The summed E-state index contributed by atoms with van der Waals surface area (Å²) in [5.74, 6) is 0.680. The first-order chi connectivity index (χ1) is 9.72. The van der Waals surface area contributed by atoms with Gasteiger partial charge in [-0.3, -0.25) is 9.36 Å². The summed E-state index contributed by atoms with van der Waals surface area (Å²) in [6, 6.07) is 10.0. The fourth-order valence-electron chi connectivity index (χ4n) is 2.05. The van der Waals surface area contributed by atoms with Crippen molar-refractivity contribution in [2.24, 2.45) is 0 Å². The number of esters is 1. The number of rotatable bonds is 6. The van der Waals surface area contributed by atoms with Crippen molar-refractivity contribution in [1.29, 1.82) is 0 Å². The molecule has 0 bridgehead atoms. The Hall–Kier alpha value is -2.14. The number of hydrogen-bond donors (Lipinski definition) is 1. The van der Waals surface area contributed by atoms with E-state index >= 15 is 0 Å². The van der Waals surface area contributed by atoms with Crippen molar-refractivity contribution in [2.45, 2.75) is 20.4 Å². The molecule has 0 aliphatic carbocycles. The van der Waals surface area contributed by atoms with Crippen molar-refractivity contribution in [2.75, 3.05) is 13.2 Å². The molecule has 20 heavy (non-hydrogen) atoms. The predicted octanol–water partition coefficient (Wildman–Crippen LogP) is 1.83. The maximum absolute atomic E-state index is 11.3. The molecule has 106 valence electrons. The first kappa shape index (κ1) is 14.3. The first-order valence-electron chi connectivity index (χ1n) is 6.67. The van der Waals surface area contributed by atoms with Gasteiger partial charge in [0.1, 0.15) is 5.82 Å². The second-order valence-corrected chi connectivity index (χ2v) is 4.38. The number of benzene rings is 1. The van der Waals surface area contributed by atoms with Gasteiger partial charge >= 0.3 is 5.97 Å². The number of para-hydroxylation sites is 1. The van der Waals surface area contributed by atoms with E-state index in [1.165, 1.54) is 0 Å². The highest BCUT2D eigenvalue weighted by Gasteiger charge is 2.09. The summed E-state index contributed by atoms with van der Waals surface area (Å²) in [4.78, 5) is 15.6. The molecule has 0 fully saturated rings. The van der Waals surface area contributed by atoms with Gasteiger partial charge in [-0.05, 0) is 26.0 Å². The van der Waals surface area contributed by atoms with Crippen LogP contribution in [0.1, 0.15) is 18.4 Å². The van der Waals surface area contributed by atoms with Gasteiger partial charge in [-0.25, -0.2) is 4.98 Å². The normalized spacial score (nSPS) is 10.5. The Morgan fingerprint density at radius 2 is 2.10 bits per heavy atom. The molecule has 0 unspecified atom stereocenters. The zero-order valence-corrected chi connectivity index (χ0v) is 11.8. The van der Waals surface area contributed by atoms with E-state index in [4.69, 9.17) is 4.74 Å². The van der Waals surface area contributed by atoms with Gasteiger partial charge in [-0.1, -0.05) is 18.2 Å². The molecule has 0 amide bonds. The van der Waals surface area contributed by atoms with Crippen LogP contribution in [-0.4, -0.2) is 28.7 Å². The van der Waals surface area contributed by atoms with Gasteiger partial charge in [0.05, 0.1) is 25.0 Å². The minimum atomic E-state index is -0.241. The number of aromatic nitrogens is 2. The lowest BCUT2D eigenvalue weighted by molar-refractivity contribution is -0.142. The Bertz CT molecular complexity index is 564. The van der Waals surface area contributed by atoms with Gasteiger partial charge in [-0.2, -0.15) is 0 Å². The lowest BCUT2D eigenvalue weighted by atomic mass is 10.3. The summed E-state index contributed by atoms with van der Waals surface area (Å²) in [6.07, 6.45) is 1.82. The third kappa shape index (κ3) is 3.45. The molecule has 2 rings (SSSR count). The topological polar surface area (TPSA) is 56.1 Å². The molecule has 1 aromatic heterocycles. The molecule has 5 heteroatoms. The number of ether oxygens (including phenoxy) is 1. The van der Waals surface area contributed by atoms with Gasteiger partial charge in [0.15, 0.2) is 0 Å². The van der Waals surface area contributed by atoms with Crippen LogP contribution in [0.3, 0.4) is 0 Å². The molecule has 0 spiro atoms. The highest BCUT2D eigenvalue weighted by atomic mass is 16.5. The van der Waals surface area contributed by atoms with E-state index in [1.807, 2.05) is 43.5 Å². The van der Waals surface area contributed by atoms with Gasteiger partial charge in [0.25, 0.3) is 0 Å². The summed E-state index contributed by atoms with van der Waals surface area (Å²) in [5, 5.41) is 3.07. The minimum absolute atomic E-state index is 0.201. The van der Waals surface area contributed by atoms with Crippen molar-refractivity contribution in [3.8, 4) is 5.69 Å². The lowest BCUT2D eigenvalue weighted by Gasteiger charge is -2.11. The average molecular weight is 273 g/mol. The van der Waals surface area contributed by atoms with E-state index in [2.05, 4.69) is 14.9 Å². The van der Waals surface area contributed by atoms with Crippen LogP contribution in [0.5, 0.6) is 0 Å². The molecule has 0 saturated carbocycles. The van der Waals surface area contributed by atoms with Crippen molar-refractivity contribution in [3.63, 3.8) is 0 Å². The van der Waals surface area contributed by atoms with E-state index in [0.717, 1.165) is 17.2 Å². The third-order valence-electron chi connectivity index (χ3n) is 2.91. The highest BCUT2D eigenvalue weighted by molar-refractivity contribution is 5.71. The molecule has 0 aliphatic heterocycles. The summed E-state index contributed by atoms with van der Waals surface area (Å²) < 4.78 is 6.94. The molecule has 1 N–H and O–H groups in total. The van der Waals surface area contributed by atoms with Gasteiger partial charge in [0, 0.05) is 12.2 Å². The molecular weight excluding hydrogens is 254 g/mol. The third-order valence-corrected chi connectivity index (χ3v) is 2.91. The Balaban J connectivity index is 2.05. The van der Waals surface area contributed by atoms with Crippen molar-refractivity contribution in [1.82, 2.24) is 14.9 Å². The fraction of sp³-hybridized carbons (Fsp3) is 0.333. The van der Waals surface area contributed by atoms with E-state index < -0.39 is 0 Å². The SMILES string of the molecule is CCOC(=O)CNCc1cnc(C)n1-c1ccccc1. The zero-order valence-electron chi connectivity index (χ0n) is 11.8. The molecule has 1 heterocycles. The monoisotopic (exact) mass is 273 g/mol. The smallest absolute Gasteiger partial charge is 0.319 e. The molecule has 0 aliphatic rings. The van der Waals surface area contributed by atoms with Crippen LogP contribution in [0.4, 0.5) is 0 Å². The van der Waals surface area contributed by atoms with Crippen LogP contribution < -0.4 is 5.32 Å². The van der Waals surface area contributed by atoms with Crippen LogP contribution >= 0.6 is 0 Å². The lowest BCUT2D eigenvalue weighted by Crippen LogP contribution is -2.25. The highest BCUT2D eigenvalue weighted by Crippen LogP contribution is 2.14. The van der Waals surface area contributed by atoms with Crippen LogP contribution in [0.2, 0.25) is 0 Å². The Labute approximate surface area is 118 Å². The molecule has 0 atom stereocenters. The number of carbonyl (C=O) groups is 1. The summed E-state index contributed by atoms with van der Waals surface area (Å²) in [6.45, 7) is 4.93. The van der Waals surface area contributed by atoms with E-state index in [-0.39, 0.29) is 12.5 Å². The molecule has 2 aromatic rings. The van der Waals surface area contributed by atoms with Crippen LogP contribution in [0.25, 0.3) is 5.69 Å².